The average Bonchev–Trinajstić information content (AvgIpc) is 3.35. The summed E-state index contributed by atoms with van der Waals surface area (Å²) in [6, 6.07) is 8.89. The Kier molecular flexibility index (Phi) is 4.53. The molecule has 0 unspecified atom stereocenters. The predicted molar refractivity (Wildman–Crippen MR) is 104 cm³/mol. The van der Waals surface area contributed by atoms with Crippen molar-refractivity contribution in [2.75, 3.05) is 5.32 Å². The number of nitrogens with one attached hydrogen (secondary N) is 2. The van der Waals surface area contributed by atoms with E-state index < -0.39 is 5.76 Å². The first-order valence-electron chi connectivity index (χ1n) is 7.26. The number of rotatable bonds is 4. The van der Waals surface area contributed by atoms with Gasteiger partial charge in [0.25, 0.3) is 5.91 Å². The molecule has 3 aromatic heterocycles. The van der Waals surface area contributed by atoms with E-state index in [1.807, 2.05) is 11.4 Å². The Hall–Kier alpha value is -2.56. The van der Waals surface area contributed by atoms with Gasteiger partial charge in [0.05, 0.1) is 4.88 Å². The number of anilines is 1. The quantitative estimate of drug-likeness (QED) is 0.486. The number of nitrogens with zero attached hydrogens (tertiary/aromatic N) is 2. The number of H-pyrrole nitrogens is 1. The number of hydrogen-bond acceptors (Lipinski definition) is 7. The van der Waals surface area contributed by atoms with E-state index in [9.17, 15) is 9.59 Å². The zero-order valence-electron chi connectivity index (χ0n) is 12.9. The van der Waals surface area contributed by atoms with Crippen molar-refractivity contribution in [2.45, 2.75) is 0 Å². The highest BCUT2D eigenvalue weighted by Gasteiger charge is 2.14. The summed E-state index contributed by atoms with van der Waals surface area (Å²) in [7, 11) is 0. The summed E-state index contributed by atoms with van der Waals surface area (Å²) >= 11 is 6.38. The van der Waals surface area contributed by atoms with Crippen LogP contribution in [0.25, 0.3) is 21.3 Å². The molecule has 1 amide bonds. The van der Waals surface area contributed by atoms with Crippen molar-refractivity contribution in [3.63, 3.8) is 0 Å². The molecule has 0 spiro atoms. The molecule has 0 atom stereocenters. The number of hydrogen-bond donors (Lipinski definition) is 2. The average molecular weight is 449 g/mol. The van der Waals surface area contributed by atoms with E-state index >= 15 is 0 Å². The Morgan fingerprint density at radius 3 is 2.85 bits per heavy atom. The van der Waals surface area contributed by atoms with Crippen molar-refractivity contribution < 1.29 is 9.32 Å². The first-order chi connectivity index (χ1) is 12.6. The largest absolute Gasteiger partial charge is 0.439 e. The van der Waals surface area contributed by atoms with Gasteiger partial charge in [0.2, 0.25) is 0 Å². The van der Waals surface area contributed by atoms with E-state index in [1.165, 1.54) is 11.3 Å². The fraction of sp³-hybridized carbons (Fsp3) is 0. The second-order valence-electron chi connectivity index (χ2n) is 5.15. The van der Waals surface area contributed by atoms with Gasteiger partial charge in [-0.05, 0) is 34.1 Å². The van der Waals surface area contributed by atoms with E-state index in [-0.39, 0.29) is 5.91 Å². The third-order valence-electron chi connectivity index (χ3n) is 3.35. The van der Waals surface area contributed by atoms with Gasteiger partial charge in [-0.3, -0.25) is 14.3 Å². The zero-order valence-corrected chi connectivity index (χ0v) is 16.1. The molecule has 0 aliphatic rings. The van der Waals surface area contributed by atoms with Crippen LogP contribution in [0.5, 0.6) is 0 Å². The second kappa shape index (κ2) is 6.98. The van der Waals surface area contributed by atoms with Crippen molar-refractivity contribution >= 4 is 50.2 Å². The van der Waals surface area contributed by atoms with Crippen LogP contribution in [0.15, 0.2) is 54.9 Å². The van der Waals surface area contributed by atoms with Gasteiger partial charge >= 0.3 is 5.76 Å². The first-order valence-corrected chi connectivity index (χ1v) is 9.81. The maximum Gasteiger partial charge on any atom is 0.439 e. The number of aromatic nitrogens is 3. The van der Waals surface area contributed by atoms with Crippen LogP contribution in [-0.2, 0) is 0 Å². The second-order valence-corrected chi connectivity index (χ2v) is 7.83. The Morgan fingerprint density at radius 1 is 1.23 bits per heavy atom. The first kappa shape index (κ1) is 16.9. The van der Waals surface area contributed by atoms with Crippen LogP contribution in [0.4, 0.5) is 5.69 Å². The minimum Gasteiger partial charge on any atom is -0.321 e. The molecule has 0 saturated carbocycles. The third kappa shape index (κ3) is 3.52. The Morgan fingerprint density at radius 2 is 2.12 bits per heavy atom. The Balaban J connectivity index is 1.53. The lowest BCUT2D eigenvalue weighted by atomic mass is 10.2. The van der Waals surface area contributed by atoms with Crippen molar-refractivity contribution in [1.29, 1.82) is 0 Å². The molecular weight excluding hydrogens is 440 g/mol. The molecule has 0 aliphatic heterocycles. The number of aromatic amines is 1. The van der Waals surface area contributed by atoms with Gasteiger partial charge in [0, 0.05) is 26.5 Å². The van der Waals surface area contributed by atoms with Gasteiger partial charge in [-0.2, -0.15) is 0 Å². The summed E-state index contributed by atoms with van der Waals surface area (Å²) in [5.41, 5.74) is 1.52. The SMILES string of the molecule is O=C(Nc1cccc(-c2noc(=O)[nH]2)c1)c1csc(-c2cc(Br)cs2)n1. The smallest absolute Gasteiger partial charge is 0.321 e. The van der Waals surface area contributed by atoms with E-state index in [0.29, 0.717) is 22.8 Å². The summed E-state index contributed by atoms with van der Waals surface area (Å²) in [4.78, 5) is 31.4. The number of carbonyl (C=O) groups is 1. The van der Waals surface area contributed by atoms with E-state index in [2.05, 4.69) is 40.9 Å². The molecule has 1 aromatic carbocycles. The van der Waals surface area contributed by atoms with Gasteiger partial charge in [-0.25, -0.2) is 9.78 Å². The molecule has 0 radical (unpaired) electrons. The number of thiophene rings is 1. The third-order valence-corrected chi connectivity index (χ3v) is 6.05. The van der Waals surface area contributed by atoms with Crippen molar-refractivity contribution in [3.05, 3.63) is 61.8 Å². The molecule has 4 rings (SSSR count). The highest BCUT2D eigenvalue weighted by molar-refractivity contribution is 9.10. The molecule has 7 nitrogen and oxygen atoms in total. The Labute approximate surface area is 162 Å². The summed E-state index contributed by atoms with van der Waals surface area (Å²) in [5.74, 6) is -0.649. The van der Waals surface area contributed by atoms with E-state index in [4.69, 9.17) is 0 Å². The highest BCUT2D eigenvalue weighted by atomic mass is 79.9. The fourth-order valence-electron chi connectivity index (χ4n) is 2.21. The maximum absolute atomic E-state index is 12.5. The maximum atomic E-state index is 12.5. The van der Waals surface area contributed by atoms with Gasteiger partial charge < -0.3 is 5.32 Å². The molecule has 0 bridgehead atoms. The topological polar surface area (TPSA) is 101 Å². The van der Waals surface area contributed by atoms with Crippen LogP contribution >= 0.6 is 38.6 Å². The lowest BCUT2D eigenvalue weighted by Gasteiger charge is -2.04. The molecule has 26 heavy (non-hydrogen) atoms. The normalized spacial score (nSPS) is 10.8. The molecule has 4 aromatic rings. The Bertz CT molecular complexity index is 1140. The number of amides is 1. The van der Waals surface area contributed by atoms with Gasteiger partial charge in [0.1, 0.15) is 10.7 Å². The van der Waals surface area contributed by atoms with Crippen molar-refractivity contribution in [2.24, 2.45) is 0 Å². The van der Waals surface area contributed by atoms with Crippen LogP contribution in [0.3, 0.4) is 0 Å². The van der Waals surface area contributed by atoms with Crippen LogP contribution in [0.1, 0.15) is 10.5 Å². The molecule has 2 N–H and O–H groups in total. The minimum absolute atomic E-state index is 0.297. The van der Waals surface area contributed by atoms with Gasteiger partial charge in [-0.15, -0.1) is 22.7 Å². The van der Waals surface area contributed by atoms with Crippen LogP contribution in [0, 0.1) is 0 Å². The number of halogens is 1. The van der Waals surface area contributed by atoms with Crippen molar-refractivity contribution in [3.8, 4) is 21.3 Å². The number of carbonyl (C=O) groups excluding carboxylic acids is 1. The zero-order chi connectivity index (χ0) is 18.1. The number of benzene rings is 1. The lowest BCUT2D eigenvalue weighted by molar-refractivity contribution is 0.102. The summed E-state index contributed by atoms with van der Waals surface area (Å²) in [6.45, 7) is 0. The molecule has 130 valence electrons. The minimum atomic E-state index is -0.635. The predicted octanol–water partition coefficient (Wildman–Crippen LogP) is 4.23. The van der Waals surface area contributed by atoms with Crippen molar-refractivity contribution in [1.82, 2.24) is 15.1 Å². The van der Waals surface area contributed by atoms with Crippen LogP contribution < -0.4 is 11.1 Å². The molecule has 0 aliphatic carbocycles. The van der Waals surface area contributed by atoms with Crippen LogP contribution in [-0.4, -0.2) is 21.0 Å². The van der Waals surface area contributed by atoms with Gasteiger partial charge in [-0.1, -0.05) is 17.3 Å². The molecule has 0 fully saturated rings. The summed E-state index contributed by atoms with van der Waals surface area (Å²) < 4.78 is 5.48. The monoisotopic (exact) mass is 448 g/mol. The highest BCUT2D eigenvalue weighted by Crippen LogP contribution is 2.32. The molecule has 0 saturated heterocycles. The standard InChI is InChI=1S/C16H9BrN4O3S2/c17-9-5-12(25-6-9)15-19-11(7-26-15)14(22)18-10-3-1-2-8(4-10)13-20-16(23)24-21-13/h1-7H,(H,18,22)(H,20,21,23). The lowest BCUT2D eigenvalue weighted by Crippen LogP contribution is -2.12. The fourth-order valence-corrected chi connectivity index (χ4v) is 4.52. The molecular formula is C16H9BrN4O3S2. The molecule has 10 heteroatoms. The summed E-state index contributed by atoms with van der Waals surface area (Å²) in [6.07, 6.45) is 0. The summed E-state index contributed by atoms with van der Waals surface area (Å²) in [5, 5.41) is 10.9. The number of thiazole rings is 1. The van der Waals surface area contributed by atoms with Crippen LogP contribution in [0.2, 0.25) is 0 Å². The van der Waals surface area contributed by atoms with E-state index in [1.54, 1.807) is 41.0 Å². The molecule has 3 heterocycles. The van der Waals surface area contributed by atoms with Gasteiger partial charge in [0.15, 0.2) is 5.82 Å². The van der Waals surface area contributed by atoms with E-state index in [0.717, 1.165) is 14.4 Å².